The third-order valence-corrected chi connectivity index (χ3v) is 5.02. The topological polar surface area (TPSA) is 41.5 Å². The van der Waals surface area contributed by atoms with E-state index in [1.165, 1.54) is 32.2 Å². The molecule has 0 amide bonds. The molecule has 2 aliphatic rings. The van der Waals surface area contributed by atoms with E-state index in [1.807, 2.05) is 25.6 Å². The first-order valence-corrected chi connectivity index (χ1v) is 8.01. The van der Waals surface area contributed by atoms with E-state index in [9.17, 15) is 0 Å². The summed E-state index contributed by atoms with van der Waals surface area (Å²) < 4.78 is 5.37. The van der Waals surface area contributed by atoms with Crippen molar-refractivity contribution >= 4 is 5.95 Å². The van der Waals surface area contributed by atoms with Crippen LogP contribution in [0.1, 0.15) is 25.7 Å². The number of anilines is 1. The molecule has 0 unspecified atom stereocenters. The molecule has 3 rings (SSSR count). The van der Waals surface area contributed by atoms with E-state index >= 15 is 0 Å². The van der Waals surface area contributed by atoms with E-state index in [2.05, 4.69) is 26.8 Å². The van der Waals surface area contributed by atoms with Gasteiger partial charge in [-0.15, -0.1) is 0 Å². The van der Waals surface area contributed by atoms with Crippen molar-refractivity contribution in [1.82, 2.24) is 14.9 Å². The lowest BCUT2D eigenvalue weighted by Crippen LogP contribution is -2.48. The standard InChI is InChI=1S/C16H26N4O/c1-19(14-10-15(11-14)21-2)12-13-4-8-20(9-5-13)16-17-6-3-7-18-16/h3,6-7,13-15H,4-5,8-12H2,1-2H3. The zero-order chi connectivity index (χ0) is 14.7. The number of hydrogen-bond donors (Lipinski definition) is 0. The second-order valence-corrected chi connectivity index (χ2v) is 6.40. The highest BCUT2D eigenvalue weighted by molar-refractivity contribution is 5.28. The molecule has 0 atom stereocenters. The summed E-state index contributed by atoms with van der Waals surface area (Å²) in [5.41, 5.74) is 0. The van der Waals surface area contributed by atoms with Crippen LogP contribution in [-0.2, 0) is 4.74 Å². The largest absolute Gasteiger partial charge is 0.381 e. The Morgan fingerprint density at radius 3 is 2.52 bits per heavy atom. The molecule has 0 bridgehead atoms. The quantitative estimate of drug-likeness (QED) is 0.827. The van der Waals surface area contributed by atoms with Crippen LogP contribution < -0.4 is 4.90 Å². The number of nitrogens with zero attached hydrogens (tertiary/aromatic N) is 4. The second-order valence-electron chi connectivity index (χ2n) is 6.40. The summed E-state index contributed by atoms with van der Waals surface area (Å²) in [6, 6.07) is 2.60. The van der Waals surface area contributed by atoms with E-state index in [0.717, 1.165) is 31.0 Å². The van der Waals surface area contributed by atoms with Crippen LogP contribution in [0.15, 0.2) is 18.5 Å². The fourth-order valence-corrected chi connectivity index (χ4v) is 3.42. The Hall–Kier alpha value is -1.20. The lowest BCUT2D eigenvalue weighted by Gasteiger charge is -2.42. The van der Waals surface area contributed by atoms with Gasteiger partial charge in [0.15, 0.2) is 0 Å². The van der Waals surface area contributed by atoms with Crippen molar-refractivity contribution in [2.45, 2.75) is 37.8 Å². The van der Waals surface area contributed by atoms with Crippen LogP contribution in [-0.4, -0.2) is 60.8 Å². The van der Waals surface area contributed by atoms with E-state index in [-0.39, 0.29) is 0 Å². The molecule has 1 saturated heterocycles. The normalized spacial score (nSPS) is 26.9. The summed E-state index contributed by atoms with van der Waals surface area (Å²) in [6.07, 6.45) is 9.02. The van der Waals surface area contributed by atoms with Crippen LogP contribution in [0.3, 0.4) is 0 Å². The Kier molecular flexibility index (Phi) is 4.70. The third kappa shape index (κ3) is 3.52. The van der Waals surface area contributed by atoms with Gasteiger partial charge in [0, 0.05) is 45.2 Å². The van der Waals surface area contributed by atoms with Crippen molar-refractivity contribution in [2.75, 3.05) is 38.7 Å². The molecule has 1 aliphatic heterocycles. The lowest BCUT2D eigenvalue weighted by molar-refractivity contribution is -0.0238. The van der Waals surface area contributed by atoms with Gasteiger partial charge >= 0.3 is 0 Å². The highest BCUT2D eigenvalue weighted by Crippen LogP contribution is 2.29. The summed E-state index contributed by atoms with van der Waals surface area (Å²) in [6.45, 7) is 3.37. The Balaban J connectivity index is 1.42. The molecule has 5 heteroatoms. The number of aromatic nitrogens is 2. The smallest absolute Gasteiger partial charge is 0.225 e. The van der Waals surface area contributed by atoms with Gasteiger partial charge in [-0.2, -0.15) is 0 Å². The van der Waals surface area contributed by atoms with Gasteiger partial charge < -0.3 is 14.5 Å². The maximum Gasteiger partial charge on any atom is 0.225 e. The van der Waals surface area contributed by atoms with E-state index in [0.29, 0.717) is 6.10 Å². The molecule has 0 spiro atoms. The predicted molar refractivity (Wildman–Crippen MR) is 83.4 cm³/mol. The average molecular weight is 290 g/mol. The number of hydrogen-bond acceptors (Lipinski definition) is 5. The molecule has 0 aromatic carbocycles. The average Bonchev–Trinajstić information content (AvgIpc) is 2.48. The summed E-state index contributed by atoms with van der Waals surface area (Å²) in [5.74, 6) is 1.68. The van der Waals surface area contributed by atoms with Crippen molar-refractivity contribution in [3.63, 3.8) is 0 Å². The third-order valence-electron chi connectivity index (χ3n) is 5.02. The summed E-state index contributed by atoms with van der Waals surface area (Å²) in [4.78, 5) is 13.5. The van der Waals surface area contributed by atoms with E-state index in [1.54, 1.807) is 0 Å². The fourth-order valence-electron chi connectivity index (χ4n) is 3.42. The van der Waals surface area contributed by atoms with Gasteiger partial charge in [-0.3, -0.25) is 0 Å². The predicted octanol–water partition coefficient (Wildman–Crippen LogP) is 1.80. The van der Waals surface area contributed by atoms with Crippen molar-refractivity contribution in [3.8, 4) is 0 Å². The lowest BCUT2D eigenvalue weighted by atomic mass is 9.86. The molecule has 2 heterocycles. The van der Waals surface area contributed by atoms with Gasteiger partial charge in [0.1, 0.15) is 0 Å². The van der Waals surface area contributed by atoms with Crippen LogP contribution in [0.5, 0.6) is 0 Å². The Bertz CT molecular complexity index is 427. The fraction of sp³-hybridized carbons (Fsp3) is 0.750. The number of rotatable bonds is 5. The van der Waals surface area contributed by atoms with Gasteiger partial charge in [-0.05, 0) is 44.7 Å². The zero-order valence-corrected chi connectivity index (χ0v) is 13.1. The molecule has 1 aliphatic carbocycles. The van der Waals surface area contributed by atoms with Crippen LogP contribution in [0.2, 0.25) is 0 Å². The first kappa shape index (κ1) is 14.7. The molecule has 2 fully saturated rings. The van der Waals surface area contributed by atoms with Crippen LogP contribution in [0, 0.1) is 5.92 Å². The van der Waals surface area contributed by atoms with Crippen LogP contribution in [0.4, 0.5) is 5.95 Å². The van der Waals surface area contributed by atoms with Crippen molar-refractivity contribution in [2.24, 2.45) is 5.92 Å². The minimum absolute atomic E-state index is 0.495. The molecular formula is C16H26N4O. The van der Waals surface area contributed by atoms with Gasteiger partial charge in [0.25, 0.3) is 0 Å². The van der Waals surface area contributed by atoms with Crippen molar-refractivity contribution in [1.29, 1.82) is 0 Å². The number of methoxy groups -OCH3 is 1. The monoisotopic (exact) mass is 290 g/mol. The summed E-state index contributed by atoms with van der Waals surface area (Å²) in [5, 5.41) is 0. The SMILES string of the molecule is COC1CC(N(C)CC2CCN(c3ncccn3)CC2)C1. The maximum atomic E-state index is 5.37. The van der Waals surface area contributed by atoms with Crippen molar-refractivity contribution in [3.05, 3.63) is 18.5 Å². The molecule has 116 valence electrons. The Labute approximate surface area is 127 Å². The molecule has 1 saturated carbocycles. The van der Waals surface area contributed by atoms with E-state index in [4.69, 9.17) is 4.74 Å². The molecule has 21 heavy (non-hydrogen) atoms. The zero-order valence-electron chi connectivity index (χ0n) is 13.1. The molecule has 0 radical (unpaired) electrons. The van der Waals surface area contributed by atoms with Crippen molar-refractivity contribution < 1.29 is 4.74 Å². The molecule has 1 aromatic heterocycles. The first-order chi connectivity index (χ1) is 10.3. The Morgan fingerprint density at radius 1 is 1.24 bits per heavy atom. The van der Waals surface area contributed by atoms with Gasteiger partial charge in [0.2, 0.25) is 5.95 Å². The van der Waals surface area contributed by atoms with Crippen LogP contribution >= 0.6 is 0 Å². The highest BCUT2D eigenvalue weighted by atomic mass is 16.5. The minimum Gasteiger partial charge on any atom is -0.381 e. The Morgan fingerprint density at radius 2 is 1.90 bits per heavy atom. The maximum absolute atomic E-state index is 5.37. The summed E-state index contributed by atoms with van der Waals surface area (Å²) in [7, 11) is 4.09. The van der Waals surface area contributed by atoms with Gasteiger partial charge in [-0.25, -0.2) is 9.97 Å². The molecule has 0 N–H and O–H groups in total. The highest BCUT2D eigenvalue weighted by Gasteiger charge is 2.33. The first-order valence-electron chi connectivity index (χ1n) is 8.01. The van der Waals surface area contributed by atoms with E-state index < -0.39 is 0 Å². The molecule has 1 aromatic rings. The number of piperidine rings is 1. The summed E-state index contributed by atoms with van der Waals surface area (Å²) >= 11 is 0. The second kappa shape index (κ2) is 6.71. The minimum atomic E-state index is 0.495. The van der Waals surface area contributed by atoms with Crippen LogP contribution in [0.25, 0.3) is 0 Å². The van der Waals surface area contributed by atoms with Gasteiger partial charge in [0.05, 0.1) is 6.10 Å². The molecule has 5 nitrogen and oxygen atoms in total. The number of ether oxygens (including phenoxy) is 1. The van der Waals surface area contributed by atoms with Gasteiger partial charge in [-0.1, -0.05) is 0 Å². The molecular weight excluding hydrogens is 264 g/mol.